The molecule has 144 valence electrons. The summed E-state index contributed by atoms with van der Waals surface area (Å²) in [4.78, 5) is 22.8. The van der Waals surface area contributed by atoms with Crippen LogP contribution in [0.25, 0.3) is 5.69 Å². The molecule has 0 fully saturated rings. The van der Waals surface area contributed by atoms with Gasteiger partial charge in [-0.15, -0.1) is 10.2 Å². The Morgan fingerprint density at radius 3 is 2.89 bits per heavy atom. The van der Waals surface area contributed by atoms with Gasteiger partial charge >= 0.3 is 0 Å². The van der Waals surface area contributed by atoms with Gasteiger partial charge in [0.2, 0.25) is 5.91 Å². The van der Waals surface area contributed by atoms with Crippen LogP contribution in [0.4, 0.5) is 11.4 Å². The van der Waals surface area contributed by atoms with Crippen LogP contribution < -0.4 is 10.1 Å². The fourth-order valence-corrected chi connectivity index (χ4v) is 3.29. The van der Waals surface area contributed by atoms with Crippen LogP contribution >= 0.6 is 23.4 Å². The van der Waals surface area contributed by atoms with Crippen molar-refractivity contribution < 1.29 is 14.5 Å². The molecule has 0 aliphatic heterocycles. The summed E-state index contributed by atoms with van der Waals surface area (Å²) in [6.07, 6.45) is 1.51. The van der Waals surface area contributed by atoms with Gasteiger partial charge in [-0.05, 0) is 24.3 Å². The Balaban J connectivity index is 1.73. The number of nitrogens with one attached hydrogen (secondary N) is 1. The Morgan fingerprint density at radius 2 is 2.14 bits per heavy atom. The van der Waals surface area contributed by atoms with Crippen molar-refractivity contribution in [2.24, 2.45) is 0 Å². The number of rotatable bonds is 7. The molecule has 0 radical (unpaired) electrons. The lowest BCUT2D eigenvalue weighted by Crippen LogP contribution is -2.15. The maximum Gasteiger partial charge on any atom is 0.292 e. The summed E-state index contributed by atoms with van der Waals surface area (Å²) in [6.45, 7) is 0. The number of carbonyl (C=O) groups is 1. The second-order valence-corrected chi connectivity index (χ2v) is 6.79. The van der Waals surface area contributed by atoms with Gasteiger partial charge in [0, 0.05) is 11.1 Å². The van der Waals surface area contributed by atoms with Crippen LogP contribution in [0.3, 0.4) is 0 Å². The average Bonchev–Trinajstić information content (AvgIpc) is 3.14. The lowest BCUT2D eigenvalue weighted by atomic mass is 10.2. The van der Waals surface area contributed by atoms with E-state index in [2.05, 4.69) is 15.5 Å². The van der Waals surface area contributed by atoms with E-state index < -0.39 is 10.8 Å². The summed E-state index contributed by atoms with van der Waals surface area (Å²) >= 11 is 7.00. The first-order valence-electron chi connectivity index (χ1n) is 7.89. The van der Waals surface area contributed by atoms with E-state index in [-0.39, 0.29) is 22.2 Å². The van der Waals surface area contributed by atoms with Crippen molar-refractivity contribution in [3.63, 3.8) is 0 Å². The van der Waals surface area contributed by atoms with Crippen LogP contribution in [0.15, 0.2) is 53.9 Å². The quantitative estimate of drug-likeness (QED) is 0.354. The number of amides is 1. The maximum atomic E-state index is 12.3. The van der Waals surface area contributed by atoms with Gasteiger partial charge in [-0.3, -0.25) is 19.5 Å². The van der Waals surface area contributed by atoms with Gasteiger partial charge in [0.15, 0.2) is 5.16 Å². The predicted molar refractivity (Wildman–Crippen MR) is 105 cm³/mol. The second kappa shape index (κ2) is 8.72. The SMILES string of the molecule is COc1ccccc1-n1cnnc1SCC(=O)Nc1cc(Cl)ccc1[N+](=O)[O-]. The molecule has 0 unspecified atom stereocenters. The van der Waals surface area contributed by atoms with Crippen LogP contribution in [-0.2, 0) is 4.79 Å². The van der Waals surface area contributed by atoms with Crippen molar-refractivity contribution in [1.29, 1.82) is 0 Å². The topological polar surface area (TPSA) is 112 Å². The van der Waals surface area contributed by atoms with Gasteiger partial charge in [-0.2, -0.15) is 0 Å². The van der Waals surface area contributed by atoms with Crippen molar-refractivity contribution in [2.45, 2.75) is 5.16 Å². The molecule has 0 aliphatic carbocycles. The zero-order valence-corrected chi connectivity index (χ0v) is 16.1. The van der Waals surface area contributed by atoms with Crippen LogP contribution in [0.2, 0.25) is 5.02 Å². The highest BCUT2D eigenvalue weighted by Crippen LogP contribution is 2.29. The van der Waals surface area contributed by atoms with E-state index in [0.717, 1.165) is 17.4 Å². The number of nitrogens with zero attached hydrogens (tertiary/aromatic N) is 4. The summed E-state index contributed by atoms with van der Waals surface area (Å²) in [5, 5.41) is 22.3. The molecular weight excluding hydrogens is 406 g/mol. The van der Waals surface area contributed by atoms with Crippen molar-refractivity contribution in [1.82, 2.24) is 14.8 Å². The Morgan fingerprint density at radius 1 is 1.36 bits per heavy atom. The third-order valence-corrected chi connectivity index (χ3v) is 4.80. The lowest BCUT2D eigenvalue weighted by molar-refractivity contribution is -0.383. The summed E-state index contributed by atoms with van der Waals surface area (Å²) in [6, 6.07) is 11.3. The third-order valence-electron chi connectivity index (χ3n) is 3.62. The van der Waals surface area contributed by atoms with E-state index in [4.69, 9.17) is 16.3 Å². The number of nitro groups is 1. The van der Waals surface area contributed by atoms with E-state index in [1.807, 2.05) is 18.2 Å². The molecule has 28 heavy (non-hydrogen) atoms. The van der Waals surface area contributed by atoms with Crippen molar-refractivity contribution >= 4 is 40.6 Å². The van der Waals surface area contributed by atoms with E-state index >= 15 is 0 Å². The molecule has 0 saturated carbocycles. The molecule has 1 aromatic heterocycles. The number of anilines is 1. The zero-order valence-electron chi connectivity index (χ0n) is 14.5. The first-order chi connectivity index (χ1) is 13.5. The first-order valence-corrected chi connectivity index (χ1v) is 9.26. The van der Waals surface area contributed by atoms with Gasteiger partial charge < -0.3 is 10.1 Å². The number of aromatic nitrogens is 3. The molecular formula is C17H14ClN5O4S. The number of thioether (sulfide) groups is 1. The molecule has 0 spiro atoms. The summed E-state index contributed by atoms with van der Waals surface area (Å²) in [7, 11) is 1.56. The molecule has 3 rings (SSSR count). The number of para-hydroxylation sites is 2. The molecule has 1 amide bonds. The summed E-state index contributed by atoms with van der Waals surface area (Å²) < 4.78 is 7.03. The van der Waals surface area contributed by atoms with Crippen molar-refractivity contribution in [3.05, 3.63) is 63.9 Å². The van der Waals surface area contributed by atoms with E-state index in [0.29, 0.717) is 10.9 Å². The highest BCUT2D eigenvalue weighted by molar-refractivity contribution is 7.99. The number of carbonyl (C=O) groups excluding carboxylic acids is 1. The number of benzene rings is 2. The van der Waals surface area contributed by atoms with Crippen LogP contribution in [0, 0.1) is 10.1 Å². The second-order valence-electron chi connectivity index (χ2n) is 5.41. The van der Waals surface area contributed by atoms with E-state index in [9.17, 15) is 14.9 Å². The number of hydrogen-bond donors (Lipinski definition) is 1. The monoisotopic (exact) mass is 419 g/mol. The maximum absolute atomic E-state index is 12.3. The van der Waals surface area contributed by atoms with Gasteiger partial charge in [0.25, 0.3) is 5.69 Å². The smallest absolute Gasteiger partial charge is 0.292 e. The fourth-order valence-electron chi connectivity index (χ4n) is 2.40. The van der Waals surface area contributed by atoms with Crippen LogP contribution in [-0.4, -0.2) is 38.5 Å². The highest BCUT2D eigenvalue weighted by Gasteiger charge is 2.18. The lowest BCUT2D eigenvalue weighted by Gasteiger charge is -2.10. The number of ether oxygens (including phenoxy) is 1. The summed E-state index contributed by atoms with van der Waals surface area (Å²) in [5.41, 5.74) is 0.526. The Bertz CT molecular complexity index is 1030. The Kier molecular flexibility index (Phi) is 6.12. The van der Waals surface area contributed by atoms with Gasteiger partial charge in [-0.1, -0.05) is 35.5 Å². The number of halogens is 1. The van der Waals surface area contributed by atoms with Gasteiger partial charge in [0.1, 0.15) is 17.8 Å². The molecule has 0 bridgehead atoms. The number of nitro benzene ring substituents is 1. The largest absolute Gasteiger partial charge is 0.495 e. The molecule has 2 aromatic carbocycles. The molecule has 9 nitrogen and oxygen atoms in total. The van der Waals surface area contributed by atoms with Gasteiger partial charge in [-0.25, -0.2) is 0 Å². The van der Waals surface area contributed by atoms with E-state index in [1.54, 1.807) is 17.7 Å². The Hall–Kier alpha value is -3.11. The number of methoxy groups -OCH3 is 1. The molecule has 1 N–H and O–H groups in total. The zero-order chi connectivity index (χ0) is 20.1. The average molecular weight is 420 g/mol. The first kappa shape index (κ1) is 19.6. The van der Waals surface area contributed by atoms with Crippen LogP contribution in [0.1, 0.15) is 0 Å². The molecule has 1 heterocycles. The minimum atomic E-state index is -0.586. The molecule has 0 aliphatic rings. The van der Waals surface area contributed by atoms with Gasteiger partial charge in [0.05, 0.1) is 23.5 Å². The normalized spacial score (nSPS) is 10.5. The predicted octanol–water partition coefficient (Wildman–Crippen LogP) is 3.57. The Labute approximate surface area is 168 Å². The standard InChI is InChI=1S/C17H14ClN5O4S/c1-27-15-5-3-2-4-14(15)22-10-19-21-17(22)28-9-16(24)20-12-8-11(18)6-7-13(12)23(25)26/h2-8,10H,9H2,1H3,(H,20,24). The molecule has 0 saturated heterocycles. The van der Waals surface area contributed by atoms with Crippen molar-refractivity contribution in [2.75, 3.05) is 18.2 Å². The summed E-state index contributed by atoms with van der Waals surface area (Å²) in [5.74, 6) is 0.158. The highest BCUT2D eigenvalue weighted by atomic mass is 35.5. The molecule has 11 heteroatoms. The third kappa shape index (κ3) is 4.41. The van der Waals surface area contributed by atoms with E-state index in [1.165, 1.54) is 24.5 Å². The minimum Gasteiger partial charge on any atom is -0.495 e. The van der Waals surface area contributed by atoms with Crippen LogP contribution in [0.5, 0.6) is 5.75 Å². The van der Waals surface area contributed by atoms with Crippen molar-refractivity contribution in [3.8, 4) is 11.4 Å². The molecule has 3 aromatic rings. The fraction of sp³-hybridized carbons (Fsp3) is 0.118. The molecule has 0 atom stereocenters. The number of hydrogen-bond acceptors (Lipinski definition) is 7. The minimum absolute atomic E-state index is 0.0302.